The van der Waals surface area contributed by atoms with Gasteiger partial charge in [0.1, 0.15) is 11.9 Å². The molecule has 0 radical (unpaired) electrons. The summed E-state index contributed by atoms with van der Waals surface area (Å²) in [5.41, 5.74) is 2.43. The van der Waals surface area contributed by atoms with Crippen LogP contribution in [0.15, 0.2) is 84.9 Å². The van der Waals surface area contributed by atoms with Gasteiger partial charge in [-0.15, -0.1) is 0 Å². The van der Waals surface area contributed by atoms with Gasteiger partial charge in [0, 0.05) is 31.0 Å². The summed E-state index contributed by atoms with van der Waals surface area (Å²) in [6, 6.07) is 25.4. The molecule has 1 N–H and O–H groups in total. The third kappa shape index (κ3) is 6.77. The molecule has 0 saturated heterocycles. The summed E-state index contributed by atoms with van der Waals surface area (Å²) < 4.78 is 14.5. The molecule has 0 bridgehead atoms. The highest BCUT2D eigenvalue weighted by Gasteiger charge is 2.29. The van der Waals surface area contributed by atoms with Crippen molar-refractivity contribution < 1.29 is 14.0 Å². The van der Waals surface area contributed by atoms with E-state index in [1.165, 1.54) is 11.0 Å². The lowest BCUT2D eigenvalue weighted by Crippen LogP contribution is -2.48. The number of hydrogen-bond donors (Lipinski definition) is 1. The summed E-state index contributed by atoms with van der Waals surface area (Å²) in [4.78, 5) is 28.1. The standard InChI is InChI=1S/C29H33FN2O2/c1-3-4-19-31-29(34)22(2)32(21-25-17-11-12-18-27(25)30)28(33)20-26(23-13-7-5-8-14-23)24-15-9-6-10-16-24/h5-18,22,26H,3-4,19-21H2,1-2H3,(H,31,34). The molecule has 3 aromatic rings. The zero-order chi connectivity index (χ0) is 24.3. The van der Waals surface area contributed by atoms with Crippen molar-refractivity contribution in [3.05, 3.63) is 107 Å². The molecule has 0 aliphatic carbocycles. The Labute approximate surface area is 201 Å². The van der Waals surface area contributed by atoms with Crippen LogP contribution < -0.4 is 5.32 Å². The van der Waals surface area contributed by atoms with Gasteiger partial charge in [-0.25, -0.2) is 4.39 Å². The highest BCUT2D eigenvalue weighted by molar-refractivity contribution is 5.87. The van der Waals surface area contributed by atoms with Gasteiger partial charge in [-0.2, -0.15) is 0 Å². The largest absolute Gasteiger partial charge is 0.354 e. The average Bonchev–Trinajstić information content (AvgIpc) is 2.87. The molecule has 5 heteroatoms. The molecule has 0 aromatic heterocycles. The molecule has 3 rings (SSSR count). The molecule has 0 fully saturated rings. The van der Waals surface area contributed by atoms with Gasteiger partial charge >= 0.3 is 0 Å². The van der Waals surface area contributed by atoms with Crippen LogP contribution in [0.25, 0.3) is 0 Å². The van der Waals surface area contributed by atoms with E-state index >= 15 is 0 Å². The smallest absolute Gasteiger partial charge is 0.242 e. The number of carbonyl (C=O) groups is 2. The molecule has 1 atom stereocenters. The third-order valence-corrected chi connectivity index (χ3v) is 6.08. The Kier molecular flexibility index (Phi) is 9.39. The summed E-state index contributed by atoms with van der Waals surface area (Å²) in [5.74, 6) is -0.983. The predicted octanol–water partition coefficient (Wildman–Crippen LogP) is 5.68. The molecule has 0 aliphatic heterocycles. The van der Waals surface area contributed by atoms with E-state index < -0.39 is 6.04 Å². The second-order valence-corrected chi connectivity index (χ2v) is 8.51. The van der Waals surface area contributed by atoms with Crippen LogP contribution in [0.3, 0.4) is 0 Å². The van der Waals surface area contributed by atoms with Crippen molar-refractivity contribution in [1.29, 1.82) is 0 Å². The highest BCUT2D eigenvalue weighted by atomic mass is 19.1. The van der Waals surface area contributed by atoms with Crippen LogP contribution in [-0.4, -0.2) is 29.3 Å². The van der Waals surface area contributed by atoms with Crippen molar-refractivity contribution in [3.8, 4) is 0 Å². The van der Waals surface area contributed by atoms with Crippen molar-refractivity contribution in [2.45, 2.75) is 51.6 Å². The van der Waals surface area contributed by atoms with E-state index in [0.717, 1.165) is 24.0 Å². The first-order valence-corrected chi connectivity index (χ1v) is 11.9. The zero-order valence-corrected chi connectivity index (χ0v) is 19.9. The van der Waals surface area contributed by atoms with E-state index in [0.29, 0.717) is 12.1 Å². The number of benzene rings is 3. The van der Waals surface area contributed by atoms with Crippen LogP contribution in [0.4, 0.5) is 4.39 Å². The molecule has 4 nitrogen and oxygen atoms in total. The molecule has 3 aromatic carbocycles. The molecular weight excluding hydrogens is 427 g/mol. The third-order valence-electron chi connectivity index (χ3n) is 6.08. The van der Waals surface area contributed by atoms with E-state index in [1.54, 1.807) is 25.1 Å². The lowest BCUT2D eigenvalue weighted by molar-refractivity contribution is -0.140. The molecule has 2 amide bonds. The van der Waals surface area contributed by atoms with E-state index in [4.69, 9.17) is 0 Å². The topological polar surface area (TPSA) is 49.4 Å². The van der Waals surface area contributed by atoms with Crippen LogP contribution in [0.5, 0.6) is 0 Å². The van der Waals surface area contributed by atoms with Gasteiger partial charge in [0.25, 0.3) is 0 Å². The Bertz CT molecular complexity index is 1020. The first kappa shape index (κ1) is 25.2. The summed E-state index contributed by atoms with van der Waals surface area (Å²) in [5, 5.41) is 2.91. The highest BCUT2D eigenvalue weighted by Crippen LogP contribution is 2.29. The van der Waals surface area contributed by atoms with E-state index in [9.17, 15) is 14.0 Å². The lowest BCUT2D eigenvalue weighted by atomic mass is 9.88. The SMILES string of the molecule is CCCCNC(=O)C(C)N(Cc1ccccc1F)C(=O)CC(c1ccccc1)c1ccccc1. The fraction of sp³-hybridized carbons (Fsp3) is 0.310. The monoisotopic (exact) mass is 460 g/mol. The maximum absolute atomic E-state index is 14.5. The molecule has 34 heavy (non-hydrogen) atoms. The van der Waals surface area contributed by atoms with Gasteiger partial charge in [0.05, 0.1) is 0 Å². The first-order chi connectivity index (χ1) is 16.5. The van der Waals surface area contributed by atoms with Crippen LogP contribution in [-0.2, 0) is 16.1 Å². The number of nitrogens with one attached hydrogen (secondary N) is 1. The number of halogens is 1. The molecular formula is C29H33FN2O2. The Morgan fingerprint density at radius 2 is 1.44 bits per heavy atom. The van der Waals surface area contributed by atoms with Crippen molar-refractivity contribution >= 4 is 11.8 Å². The van der Waals surface area contributed by atoms with Crippen LogP contribution >= 0.6 is 0 Å². The fourth-order valence-electron chi connectivity index (χ4n) is 4.02. The van der Waals surface area contributed by atoms with Gasteiger partial charge in [-0.3, -0.25) is 9.59 Å². The fourth-order valence-corrected chi connectivity index (χ4v) is 4.02. The van der Waals surface area contributed by atoms with Crippen molar-refractivity contribution in [3.63, 3.8) is 0 Å². The molecule has 0 spiro atoms. The average molecular weight is 461 g/mol. The minimum atomic E-state index is -0.726. The lowest BCUT2D eigenvalue weighted by Gasteiger charge is -2.30. The number of rotatable bonds is 11. The summed E-state index contributed by atoms with van der Waals surface area (Å²) >= 11 is 0. The summed E-state index contributed by atoms with van der Waals surface area (Å²) in [7, 11) is 0. The normalized spacial score (nSPS) is 11.8. The molecule has 1 unspecified atom stereocenters. The maximum atomic E-state index is 14.5. The minimum Gasteiger partial charge on any atom is -0.354 e. The van der Waals surface area contributed by atoms with Crippen LogP contribution in [0.1, 0.15) is 55.7 Å². The van der Waals surface area contributed by atoms with E-state index in [1.807, 2.05) is 60.7 Å². The Morgan fingerprint density at radius 1 is 0.882 bits per heavy atom. The van der Waals surface area contributed by atoms with E-state index in [-0.39, 0.29) is 36.5 Å². The summed E-state index contributed by atoms with van der Waals surface area (Å²) in [6.07, 6.45) is 2.00. The number of carbonyl (C=O) groups excluding carboxylic acids is 2. The Hall–Kier alpha value is -3.47. The Balaban J connectivity index is 1.89. The van der Waals surface area contributed by atoms with Crippen LogP contribution in [0.2, 0.25) is 0 Å². The number of hydrogen-bond acceptors (Lipinski definition) is 2. The van der Waals surface area contributed by atoms with Crippen LogP contribution in [0, 0.1) is 5.82 Å². The molecule has 0 heterocycles. The zero-order valence-electron chi connectivity index (χ0n) is 19.9. The molecule has 0 saturated carbocycles. The van der Waals surface area contributed by atoms with Gasteiger partial charge in [0.15, 0.2) is 0 Å². The molecule has 0 aliphatic rings. The van der Waals surface area contributed by atoms with Crippen molar-refractivity contribution in [2.24, 2.45) is 0 Å². The first-order valence-electron chi connectivity index (χ1n) is 11.9. The second kappa shape index (κ2) is 12.7. The number of amides is 2. The van der Waals surface area contributed by atoms with E-state index in [2.05, 4.69) is 12.2 Å². The van der Waals surface area contributed by atoms with Crippen molar-refractivity contribution in [2.75, 3.05) is 6.54 Å². The predicted molar refractivity (Wildman–Crippen MR) is 134 cm³/mol. The quantitative estimate of drug-likeness (QED) is 0.374. The minimum absolute atomic E-state index is 0.0319. The summed E-state index contributed by atoms with van der Waals surface area (Å²) in [6.45, 7) is 4.35. The molecule has 178 valence electrons. The van der Waals surface area contributed by atoms with Gasteiger partial charge in [-0.05, 0) is 30.5 Å². The van der Waals surface area contributed by atoms with Crippen molar-refractivity contribution in [1.82, 2.24) is 10.2 Å². The Morgan fingerprint density at radius 3 is 2.00 bits per heavy atom. The number of nitrogens with zero attached hydrogens (tertiary/aromatic N) is 1. The van der Waals surface area contributed by atoms with Gasteiger partial charge < -0.3 is 10.2 Å². The second-order valence-electron chi connectivity index (χ2n) is 8.51. The van der Waals surface area contributed by atoms with Gasteiger partial charge in [-0.1, -0.05) is 92.2 Å². The van der Waals surface area contributed by atoms with Gasteiger partial charge in [0.2, 0.25) is 11.8 Å². The number of unbranched alkanes of at least 4 members (excludes halogenated alkanes) is 1. The maximum Gasteiger partial charge on any atom is 0.242 e.